The highest BCUT2D eigenvalue weighted by atomic mass is 35.5. The number of rotatable bonds is 7. The fourth-order valence-electron chi connectivity index (χ4n) is 2.21. The third-order valence-corrected chi connectivity index (χ3v) is 4.02. The molecule has 134 valence electrons. The summed E-state index contributed by atoms with van der Waals surface area (Å²) in [5.74, 6) is -1.42. The number of carbonyl (C=O) groups is 2. The number of hydrogen-bond donors (Lipinski definition) is 2. The Morgan fingerprint density at radius 2 is 2.08 bits per heavy atom. The van der Waals surface area contributed by atoms with Gasteiger partial charge in [0.15, 0.2) is 5.69 Å². The number of benzene rings is 1. The first-order valence-electron chi connectivity index (χ1n) is 7.98. The van der Waals surface area contributed by atoms with Gasteiger partial charge in [0, 0.05) is 11.6 Å². The van der Waals surface area contributed by atoms with Crippen molar-refractivity contribution in [1.29, 1.82) is 0 Å². The molecule has 0 saturated heterocycles. The summed E-state index contributed by atoms with van der Waals surface area (Å²) in [4.78, 5) is 23.6. The molecule has 7 nitrogen and oxygen atoms in total. The normalized spacial score (nSPS) is 11.4. The zero-order chi connectivity index (χ0) is 18.6. The number of carboxylic acid groups (broad SMARTS) is 1. The number of carbonyl (C=O) groups excluding carboxylic acids is 1. The summed E-state index contributed by atoms with van der Waals surface area (Å²) in [6, 6.07) is 7.12. The van der Waals surface area contributed by atoms with Gasteiger partial charge in [0.1, 0.15) is 0 Å². The van der Waals surface area contributed by atoms with Crippen LogP contribution in [0.4, 0.5) is 0 Å². The number of nitrogens with zero attached hydrogens (tertiary/aromatic N) is 3. The van der Waals surface area contributed by atoms with Crippen LogP contribution in [0.25, 0.3) is 5.69 Å². The van der Waals surface area contributed by atoms with Crippen molar-refractivity contribution < 1.29 is 14.7 Å². The van der Waals surface area contributed by atoms with E-state index in [9.17, 15) is 9.59 Å². The van der Waals surface area contributed by atoms with Gasteiger partial charge >= 0.3 is 5.97 Å². The van der Waals surface area contributed by atoms with Crippen LogP contribution >= 0.6 is 11.6 Å². The largest absolute Gasteiger partial charge is 0.481 e. The van der Waals surface area contributed by atoms with Gasteiger partial charge < -0.3 is 10.4 Å². The molecule has 1 heterocycles. The van der Waals surface area contributed by atoms with E-state index in [1.165, 1.54) is 0 Å². The van der Waals surface area contributed by atoms with Crippen LogP contribution in [0.1, 0.15) is 43.4 Å². The van der Waals surface area contributed by atoms with Gasteiger partial charge in [0.2, 0.25) is 0 Å². The average Bonchev–Trinajstić information content (AvgIpc) is 2.97. The van der Waals surface area contributed by atoms with Crippen LogP contribution in [0.15, 0.2) is 24.3 Å². The second-order valence-corrected chi connectivity index (χ2v) is 6.83. The molecule has 0 atom stereocenters. The van der Waals surface area contributed by atoms with Crippen LogP contribution in [-0.2, 0) is 11.2 Å². The first-order valence-corrected chi connectivity index (χ1v) is 8.36. The summed E-state index contributed by atoms with van der Waals surface area (Å²) in [6.07, 6.45) is 1.40. The lowest BCUT2D eigenvalue weighted by Gasteiger charge is -2.19. The van der Waals surface area contributed by atoms with Crippen molar-refractivity contribution in [2.24, 2.45) is 5.41 Å². The summed E-state index contributed by atoms with van der Waals surface area (Å²) in [6.45, 7) is 5.08. The van der Waals surface area contributed by atoms with Crippen molar-refractivity contribution >= 4 is 23.5 Å². The second kappa shape index (κ2) is 7.65. The number of carboxylic acids is 1. The van der Waals surface area contributed by atoms with Gasteiger partial charge in [-0.1, -0.05) is 36.2 Å². The molecule has 8 heteroatoms. The van der Waals surface area contributed by atoms with Crippen LogP contribution in [0.5, 0.6) is 0 Å². The maximum atomic E-state index is 12.5. The van der Waals surface area contributed by atoms with Gasteiger partial charge in [0.05, 0.1) is 16.8 Å². The SMILES string of the molecule is CCCc1c(C(=O)NCC(C)(C)C(=O)O)nnn1-c1cccc(Cl)c1. The zero-order valence-electron chi connectivity index (χ0n) is 14.4. The maximum absolute atomic E-state index is 12.5. The molecule has 2 aromatic rings. The van der Waals surface area contributed by atoms with E-state index in [1.54, 1.807) is 36.7 Å². The van der Waals surface area contributed by atoms with Gasteiger partial charge in [-0.15, -0.1) is 5.10 Å². The highest BCUT2D eigenvalue weighted by Gasteiger charge is 2.29. The Morgan fingerprint density at radius 3 is 2.68 bits per heavy atom. The highest BCUT2D eigenvalue weighted by Crippen LogP contribution is 2.19. The van der Waals surface area contributed by atoms with E-state index in [2.05, 4.69) is 15.6 Å². The van der Waals surface area contributed by atoms with E-state index in [0.717, 1.165) is 6.42 Å². The molecule has 25 heavy (non-hydrogen) atoms. The third-order valence-electron chi connectivity index (χ3n) is 3.79. The standard InChI is InChI=1S/C17H21ClN4O3/c1-4-6-13-14(15(23)19-10-17(2,3)16(24)25)20-21-22(13)12-8-5-7-11(18)9-12/h5,7-9H,4,6,10H2,1-3H3,(H,19,23)(H,24,25). The molecule has 0 unspecified atom stereocenters. The van der Waals surface area contributed by atoms with E-state index >= 15 is 0 Å². The van der Waals surface area contributed by atoms with Gasteiger partial charge in [-0.25, -0.2) is 4.68 Å². The summed E-state index contributed by atoms with van der Waals surface area (Å²) in [5.41, 5.74) is 0.510. The molecule has 0 aliphatic rings. The van der Waals surface area contributed by atoms with Crippen molar-refractivity contribution in [3.8, 4) is 5.69 Å². The van der Waals surface area contributed by atoms with Crippen molar-refractivity contribution in [1.82, 2.24) is 20.3 Å². The Bertz CT molecular complexity index is 786. The minimum Gasteiger partial charge on any atom is -0.481 e. The molecule has 1 aromatic carbocycles. The highest BCUT2D eigenvalue weighted by molar-refractivity contribution is 6.30. The Hall–Kier alpha value is -2.41. The average molecular weight is 365 g/mol. The molecule has 0 aliphatic heterocycles. The van der Waals surface area contributed by atoms with Gasteiger partial charge in [-0.2, -0.15) is 0 Å². The number of aliphatic carboxylic acids is 1. The van der Waals surface area contributed by atoms with E-state index < -0.39 is 17.3 Å². The van der Waals surface area contributed by atoms with E-state index in [1.807, 2.05) is 13.0 Å². The topological polar surface area (TPSA) is 97.1 Å². The Kier molecular flexibility index (Phi) is 5.79. The first-order chi connectivity index (χ1) is 11.8. The maximum Gasteiger partial charge on any atom is 0.310 e. The molecular formula is C17H21ClN4O3. The lowest BCUT2D eigenvalue weighted by molar-refractivity contribution is -0.146. The Labute approximate surface area is 151 Å². The first kappa shape index (κ1) is 18.9. The number of aromatic nitrogens is 3. The van der Waals surface area contributed by atoms with Crippen LogP contribution in [0.3, 0.4) is 0 Å². The van der Waals surface area contributed by atoms with Crippen molar-refractivity contribution in [2.75, 3.05) is 6.54 Å². The van der Waals surface area contributed by atoms with E-state index in [0.29, 0.717) is 22.8 Å². The number of halogens is 1. The molecule has 1 aromatic heterocycles. The Morgan fingerprint density at radius 1 is 1.36 bits per heavy atom. The van der Waals surface area contributed by atoms with Gasteiger partial charge in [0.25, 0.3) is 5.91 Å². The number of nitrogens with one attached hydrogen (secondary N) is 1. The lowest BCUT2D eigenvalue weighted by atomic mass is 9.94. The lowest BCUT2D eigenvalue weighted by Crippen LogP contribution is -2.39. The van der Waals surface area contributed by atoms with Crippen LogP contribution in [0, 0.1) is 5.41 Å². The van der Waals surface area contributed by atoms with Gasteiger partial charge in [-0.3, -0.25) is 9.59 Å². The zero-order valence-corrected chi connectivity index (χ0v) is 15.2. The minimum absolute atomic E-state index is 0.00322. The van der Waals surface area contributed by atoms with Crippen LogP contribution in [0.2, 0.25) is 5.02 Å². The fraction of sp³-hybridized carbons (Fsp3) is 0.412. The predicted octanol–water partition coefficient (Wildman–Crippen LogP) is 2.71. The molecule has 0 aliphatic carbocycles. The molecule has 2 N–H and O–H groups in total. The fourth-order valence-corrected chi connectivity index (χ4v) is 2.40. The van der Waals surface area contributed by atoms with Crippen LogP contribution < -0.4 is 5.32 Å². The molecule has 0 fully saturated rings. The minimum atomic E-state index is -1.07. The molecule has 0 saturated carbocycles. The molecule has 0 bridgehead atoms. The smallest absolute Gasteiger partial charge is 0.310 e. The summed E-state index contributed by atoms with van der Waals surface area (Å²) in [5, 5.41) is 20.4. The monoisotopic (exact) mass is 364 g/mol. The number of hydrogen-bond acceptors (Lipinski definition) is 4. The van der Waals surface area contributed by atoms with Crippen LogP contribution in [-0.4, -0.2) is 38.5 Å². The molecule has 0 radical (unpaired) electrons. The van der Waals surface area contributed by atoms with Crippen molar-refractivity contribution in [3.63, 3.8) is 0 Å². The Balaban J connectivity index is 2.29. The van der Waals surface area contributed by atoms with Gasteiger partial charge in [-0.05, 0) is 38.5 Å². The summed E-state index contributed by atoms with van der Waals surface area (Å²) < 4.78 is 1.59. The summed E-state index contributed by atoms with van der Waals surface area (Å²) in [7, 11) is 0. The quantitative estimate of drug-likeness (QED) is 0.787. The third kappa shape index (κ3) is 4.36. The van der Waals surface area contributed by atoms with E-state index in [-0.39, 0.29) is 12.2 Å². The molecular weight excluding hydrogens is 344 g/mol. The molecule has 2 rings (SSSR count). The molecule has 1 amide bonds. The van der Waals surface area contributed by atoms with Crippen molar-refractivity contribution in [2.45, 2.75) is 33.6 Å². The molecule has 0 spiro atoms. The number of amides is 1. The van der Waals surface area contributed by atoms with E-state index in [4.69, 9.17) is 16.7 Å². The second-order valence-electron chi connectivity index (χ2n) is 6.40. The van der Waals surface area contributed by atoms with Crippen molar-refractivity contribution in [3.05, 3.63) is 40.7 Å². The summed E-state index contributed by atoms with van der Waals surface area (Å²) >= 11 is 6.03. The predicted molar refractivity (Wildman–Crippen MR) is 94.1 cm³/mol.